The predicted molar refractivity (Wildman–Crippen MR) is 131 cm³/mol. The van der Waals surface area contributed by atoms with Gasteiger partial charge in [-0.05, 0) is 74.4 Å². The summed E-state index contributed by atoms with van der Waals surface area (Å²) in [5.74, 6) is 1.40. The average Bonchev–Trinajstić information content (AvgIpc) is 3.23. The molecule has 34 heavy (non-hydrogen) atoms. The Morgan fingerprint density at radius 3 is 2.74 bits per heavy atom. The summed E-state index contributed by atoms with van der Waals surface area (Å²) in [6.45, 7) is 4.37. The van der Waals surface area contributed by atoms with Gasteiger partial charge in [-0.15, -0.1) is 0 Å². The van der Waals surface area contributed by atoms with Crippen molar-refractivity contribution in [2.45, 2.75) is 32.6 Å². The molecule has 0 bridgehead atoms. The minimum absolute atomic E-state index is 0.0504. The van der Waals surface area contributed by atoms with Gasteiger partial charge in [0, 0.05) is 30.6 Å². The monoisotopic (exact) mass is 458 g/mol. The van der Waals surface area contributed by atoms with Crippen LogP contribution in [-0.4, -0.2) is 43.0 Å². The summed E-state index contributed by atoms with van der Waals surface area (Å²) in [6.07, 6.45) is 7.72. The zero-order valence-electron chi connectivity index (χ0n) is 19.5. The summed E-state index contributed by atoms with van der Waals surface area (Å²) in [4.78, 5) is 28.1. The molecule has 0 saturated carbocycles. The Balaban J connectivity index is 1.29. The van der Waals surface area contributed by atoms with Crippen LogP contribution in [0.5, 0.6) is 5.75 Å². The molecule has 1 saturated heterocycles. The lowest BCUT2D eigenvalue weighted by molar-refractivity contribution is 0.0566. The van der Waals surface area contributed by atoms with Crippen LogP contribution in [0.2, 0.25) is 0 Å². The summed E-state index contributed by atoms with van der Waals surface area (Å²) < 4.78 is 11.5. The van der Waals surface area contributed by atoms with Gasteiger partial charge >= 0.3 is 0 Å². The lowest BCUT2D eigenvalue weighted by Crippen LogP contribution is -2.47. The second kappa shape index (κ2) is 9.37. The highest BCUT2D eigenvalue weighted by molar-refractivity contribution is 5.98. The highest BCUT2D eigenvalue weighted by Gasteiger charge is 2.36. The maximum Gasteiger partial charge on any atom is 0.255 e. The van der Waals surface area contributed by atoms with E-state index in [0.717, 1.165) is 42.4 Å². The van der Waals surface area contributed by atoms with E-state index in [4.69, 9.17) is 9.15 Å². The number of hydrogen-bond donors (Lipinski definition) is 1. The van der Waals surface area contributed by atoms with Crippen LogP contribution in [0.25, 0.3) is 11.0 Å². The number of carbonyl (C=O) groups is 2. The molecule has 0 radical (unpaired) electrons. The molecular weight excluding hydrogens is 428 g/mol. The van der Waals surface area contributed by atoms with E-state index in [1.54, 1.807) is 6.07 Å². The first kappa shape index (κ1) is 22.3. The van der Waals surface area contributed by atoms with Crippen molar-refractivity contribution in [1.82, 2.24) is 10.2 Å². The van der Waals surface area contributed by atoms with Gasteiger partial charge in [-0.3, -0.25) is 9.59 Å². The SMILES string of the molecule is Cc1cc2cc(C(=O)N3CCC4(C/C=C/CCOc5ccccc5C(=O)NC4)CC3)ccc2o1. The molecule has 3 aromatic rings. The minimum atomic E-state index is -0.109. The lowest BCUT2D eigenvalue weighted by Gasteiger charge is -2.41. The van der Waals surface area contributed by atoms with Crippen LogP contribution in [0.3, 0.4) is 0 Å². The summed E-state index contributed by atoms with van der Waals surface area (Å²) in [7, 11) is 0. The van der Waals surface area contributed by atoms with Crippen LogP contribution >= 0.6 is 0 Å². The number of amides is 2. The van der Waals surface area contributed by atoms with Crippen LogP contribution in [0.4, 0.5) is 0 Å². The topological polar surface area (TPSA) is 71.8 Å². The standard InChI is InChI=1S/C28H30N2O4/c1-20-17-22-18-21(9-10-24(22)34-20)27(32)30-14-12-28(13-15-30)11-5-2-6-16-33-25-8-4-3-7-23(25)26(31)29-19-28/h2-5,7-10,17-18H,6,11-16,19H2,1H3,(H,29,31)/b5-2+. The predicted octanol–water partition coefficient (Wildman–Crippen LogP) is 5.12. The molecular formula is C28H30N2O4. The van der Waals surface area contributed by atoms with E-state index in [0.29, 0.717) is 43.1 Å². The second-order valence-electron chi connectivity index (χ2n) is 9.39. The number of aryl methyl sites for hydroxylation is 1. The quantitative estimate of drug-likeness (QED) is 0.514. The molecule has 0 aliphatic carbocycles. The zero-order valence-corrected chi connectivity index (χ0v) is 19.5. The lowest BCUT2D eigenvalue weighted by atomic mass is 9.75. The van der Waals surface area contributed by atoms with Crippen molar-refractivity contribution >= 4 is 22.8 Å². The maximum atomic E-state index is 13.2. The van der Waals surface area contributed by atoms with Gasteiger partial charge in [-0.25, -0.2) is 0 Å². The van der Waals surface area contributed by atoms with Crippen molar-refractivity contribution < 1.29 is 18.7 Å². The number of likely N-dealkylation sites (tertiary alicyclic amines) is 1. The smallest absolute Gasteiger partial charge is 0.255 e. The Bertz CT molecular complexity index is 1230. The Kier molecular flexibility index (Phi) is 6.14. The molecule has 5 rings (SSSR count). The molecule has 1 spiro atoms. The van der Waals surface area contributed by atoms with E-state index in [1.807, 2.05) is 54.3 Å². The highest BCUT2D eigenvalue weighted by Crippen LogP contribution is 2.36. The molecule has 1 aromatic heterocycles. The number of benzene rings is 2. The van der Waals surface area contributed by atoms with Crippen LogP contribution in [-0.2, 0) is 0 Å². The molecule has 0 unspecified atom stereocenters. The number of nitrogens with one attached hydrogen (secondary N) is 1. The molecule has 2 aliphatic heterocycles. The summed E-state index contributed by atoms with van der Waals surface area (Å²) in [6, 6.07) is 15.0. The van der Waals surface area contributed by atoms with Gasteiger partial charge in [0.2, 0.25) is 0 Å². The van der Waals surface area contributed by atoms with E-state index < -0.39 is 0 Å². The number of carbonyl (C=O) groups excluding carboxylic acids is 2. The number of fused-ring (bicyclic) bond motifs is 2. The van der Waals surface area contributed by atoms with Gasteiger partial charge in [0.15, 0.2) is 0 Å². The number of para-hydroxylation sites is 1. The number of nitrogens with zero attached hydrogens (tertiary/aromatic N) is 1. The fourth-order valence-electron chi connectivity index (χ4n) is 4.96. The molecule has 1 N–H and O–H groups in total. The molecule has 2 aliphatic rings. The van der Waals surface area contributed by atoms with E-state index in [2.05, 4.69) is 17.5 Å². The Morgan fingerprint density at radius 1 is 1.06 bits per heavy atom. The van der Waals surface area contributed by atoms with Crippen LogP contribution < -0.4 is 10.1 Å². The number of allylic oxidation sites excluding steroid dienone is 1. The molecule has 6 nitrogen and oxygen atoms in total. The van der Waals surface area contributed by atoms with Gasteiger partial charge in [0.1, 0.15) is 17.1 Å². The van der Waals surface area contributed by atoms with Crippen LogP contribution in [0.1, 0.15) is 52.2 Å². The van der Waals surface area contributed by atoms with Gasteiger partial charge in [-0.1, -0.05) is 24.3 Å². The fraction of sp³-hybridized carbons (Fsp3) is 0.357. The van der Waals surface area contributed by atoms with Gasteiger partial charge in [0.25, 0.3) is 11.8 Å². The third-order valence-corrected chi connectivity index (χ3v) is 7.01. The molecule has 1 fully saturated rings. The number of piperidine rings is 1. The summed E-state index contributed by atoms with van der Waals surface area (Å²) in [5, 5.41) is 4.10. The Hall–Kier alpha value is -3.54. The number of furan rings is 1. The first-order valence-corrected chi connectivity index (χ1v) is 12.0. The number of rotatable bonds is 1. The summed E-state index contributed by atoms with van der Waals surface area (Å²) in [5.41, 5.74) is 1.99. The second-order valence-corrected chi connectivity index (χ2v) is 9.39. The van der Waals surface area contributed by atoms with Gasteiger partial charge in [0.05, 0.1) is 12.2 Å². The zero-order chi connectivity index (χ0) is 23.5. The largest absolute Gasteiger partial charge is 0.492 e. The average molecular weight is 459 g/mol. The van der Waals surface area contributed by atoms with Crippen molar-refractivity contribution in [2.75, 3.05) is 26.2 Å². The normalized spacial score (nSPS) is 19.4. The number of hydrogen-bond acceptors (Lipinski definition) is 4. The van der Waals surface area contributed by atoms with Crippen LogP contribution in [0, 0.1) is 12.3 Å². The third kappa shape index (κ3) is 4.58. The van der Waals surface area contributed by atoms with Gasteiger partial charge in [-0.2, -0.15) is 0 Å². The Labute approximate surface area is 199 Å². The van der Waals surface area contributed by atoms with Crippen molar-refractivity contribution in [3.05, 3.63) is 77.6 Å². The fourth-order valence-corrected chi connectivity index (χ4v) is 4.96. The van der Waals surface area contributed by atoms with Crippen molar-refractivity contribution in [1.29, 1.82) is 0 Å². The first-order chi connectivity index (χ1) is 16.5. The van der Waals surface area contributed by atoms with E-state index >= 15 is 0 Å². The van der Waals surface area contributed by atoms with Crippen molar-refractivity contribution in [2.24, 2.45) is 5.41 Å². The van der Waals surface area contributed by atoms with E-state index in [1.165, 1.54) is 0 Å². The molecule has 3 heterocycles. The first-order valence-electron chi connectivity index (χ1n) is 12.0. The Morgan fingerprint density at radius 2 is 1.88 bits per heavy atom. The van der Waals surface area contributed by atoms with Crippen molar-refractivity contribution in [3.8, 4) is 5.75 Å². The molecule has 6 heteroatoms. The molecule has 0 atom stereocenters. The highest BCUT2D eigenvalue weighted by atomic mass is 16.5. The molecule has 176 valence electrons. The molecule has 2 amide bonds. The minimum Gasteiger partial charge on any atom is -0.492 e. The van der Waals surface area contributed by atoms with Crippen molar-refractivity contribution in [3.63, 3.8) is 0 Å². The van der Waals surface area contributed by atoms with Gasteiger partial charge < -0.3 is 19.4 Å². The number of ether oxygens (including phenoxy) is 1. The summed E-state index contributed by atoms with van der Waals surface area (Å²) >= 11 is 0. The van der Waals surface area contributed by atoms with E-state index in [9.17, 15) is 9.59 Å². The maximum absolute atomic E-state index is 13.2. The van der Waals surface area contributed by atoms with Crippen LogP contribution in [0.15, 0.2) is 65.1 Å². The third-order valence-electron chi connectivity index (χ3n) is 7.01. The van der Waals surface area contributed by atoms with E-state index in [-0.39, 0.29) is 17.2 Å². The molecule has 2 aromatic carbocycles.